The molecule has 0 unspecified atom stereocenters. The minimum Gasteiger partial charge on any atom is -0.454 e. The number of benzene rings is 1. The van der Waals surface area contributed by atoms with Gasteiger partial charge in [-0.1, -0.05) is 11.8 Å². The highest BCUT2D eigenvalue weighted by molar-refractivity contribution is 7.99. The minimum absolute atomic E-state index is 0.277. The molecule has 0 aliphatic carbocycles. The first-order valence-electron chi connectivity index (χ1n) is 7.91. The van der Waals surface area contributed by atoms with Gasteiger partial charge in [-0.2, -0.15) is 5.10 Å². The van der Waals surface area contributed by atoms with E-state index in [1.807, 2.05) is 36.0 Å². The summed E-state index contributed by atoms with van der Waals surface area (Å²) in [5.41, 5.74) is 3.14. The van der Waals surface area contributed by atoms with E-state index in [1.165, 1.54) is 0 Å². The van der Waals surface area contributed by atoms with Gasteiger partial charge in [0.2, 0.25) is 6.79 Å². The Kier molecular flexibility index (Phi) is 4.57. The molecule has 130 valence electrons. The predicted molar refractivity (Wildman–Crippen MR) is 93.6 cm³/mol. The molecule has 25 heavy (non-hydrogen) atoms. The summed E-state index contributed by atoms with van der Waals surface area (Å²) in [5, 5.41) is 19.5. The molecule has 2 N–H and O–H groups in total. The van der Waals surface area contributed by atoms with Crippen LogP contribution < -0.4 is 14.8 Å². The molecule has 0 atom stereocenters. The molecular formula is C16H18N6O2S. The first-order valence-corrected chi connectivity index (χ1v) is 8.89. The van der Waals surface area contributed by atoms with Crippen LogP contribution in [0.1, 0.15) is 5.56 Å². The molecule has 3 aromatic rings. The van der Waals surface area contributed by atoms with Crippen LogP contribution >= 0.6 is 11.8 Å². The first kappa shape index (κ1) is 16.0. The molecule has 0 saturated carbocycles. The summed E-state index contributed by atoms with van der Waals surface area (Å²) in [6.45, 7) is 1.88. The largest absolute Gasteiger partial charge is 0.454 e. The van der Waals surface area contributed by atoms with Crippen LogP contribution in [0, 0.1) is 0 Å². The van der Waals surface area contributed by atoms with Crippen molar-refractivity contribution < 1.29 is 9.47 Å². The smallest absolute Gasteiger partial charge is 0.231 e. The molecule has 1 aliphatic heterocycles. The number of ether oxygens (including phenoxy) is 2. The first-order chi connectivity index (χ1) is 12.3. The monoisotopic (exact) mass is 358 g/mol. The topological polar surface area (TPSA) is 89.9 Å². The van der Waals surface area contributed by atoms with Crippen molar-refractivity contribution in [3.8, 4) is 22.8 Å². The number of aromatic amines is 1. The average molecular weight is 358 g/mol. The molecular weight excluding hydrogens is 340 g/mol. The number of H-pyrrole nitrogens is 1. The lowest BCUT2D eigenvalue weighted by molar-refractivity contribution is 0.174. The van der Waals surface area contributed by atoms with Crippen LogP contribution in [-0.4, -0.2) is 44.1 Å². The average Bonchev–Trinajstić information content (AvgIpc) is 3.35. The molecule has 3 heterocycles. The molecule has 2 aromatic heterocycles. The number of aryl methyl sites for hydroxylation is 1. The van der Waals surface area contributed by atoms with E-state index in [0.29, 0.717) is 0 Å². The molecule has 9 heteroatoms. The molecule has 1 aromatic carbocycles. The van der Waals surface area contributed by atoms with E-state index in [0.717, 1.165) is 52.3 Å². The lowest BCUT2D eigenvalue weighted by Gasteiger charge is -2.06. The van der Waals surface area contributed by atoms with Crippen LogP contribution in [0.2, 0.25) is 0 Å². The maximum absolute atomic E-state index is 5.45. The highest BCUT2D eigenvalue weighted by atomic mass is 32.2. The van der Waals surface area contributed by atoms with Crippen molar-refractivity contribution in [2.75, 3.05) is 19.1 Å². The number of hydrogen-bond acceptors (Lipinski definition) is 7. The Balaban J connectivity index is 1.33. The van der Waals surface area contributed by atoms with Gasteiger partial charge >= 0.3 is 0 Å². The van der Waals surface area contributed by atoms with Crippen LogP contribution in [0.5, 0.6) is 11.5 Å². The summed E-state index contributed by atoms with van der Waals surface area (Å²) in [6.07, 6.45) is 3.56. The molecule has 1 aliphatic rings. The van der Waals surface area contributed by atoms with Gasteiger partial charge in [0.1, 0.15) is 6.33 Å². The fraction of sp³-hybridized carbons (Fsp3) is 0.312. The van der Waals surface area contributed by atoms with Gasteiger partial charge in [0.05, 0.1) is 11.9 Å². The fourth-order valence-corrected chi connectivity index (χ4v) is 3.37. The van der Waals surface area contributed by atoms with Crippen molar-refractivity contribution in [1.29, 1.82) is 0 Å². The molecule has 8 nitrogen and oxygen atoms in total. The van der Waals surface area contributed by atoms with E-state index in [9.17, 15) is 0 Å². The number of hydrogen-bond donors (Lipinski definition) is 2. The van der Waals surface area contributed by atoms with Crippen molar-refractivity contribution in [1.82, 2.24) is 30.3 Å². The standard InChI is InChI=1S/C16H18N6O2S/c1-22-9-19-21-16(22)25-5-4-17-7-12-8-18-20-15(12)11-2-3-13-14(6-11)24-10-23-13/h2-3,6,8-9,17H,4-5,7,10H2,1H3,(H,18,20). The SMILES string of the molecule is Cn1cnnc1SCCNCc1cn[nH]c1-c1ccc2c(c1)OCO2. The van der Waals surface area contributed by atoms with Gasteiger partial charge in [0, 0.05) is 37.0 Å². The molecule has 4 rings (SSSR count). The third-order valence-corrected chi connectivity index (χ3v) is 4.91. The minimum atomic E-state index is 0.277. The quantitative estimate of drug-likeness (QED) is 0.492. The van der Waals surface area contributed by atoms with Crippen LogP contribution in [0.15, 0.2) is 35.9 Å². The number of thioether (sulfide) groups is 1. The molecule has 0 saturated heterocycles. The molecule has 0 radical (unpaired) electrons. The third-order valence-electron chi connectivity index (χ3n) is 3.87. The van der Waals surface area contributed by atoms with Gasteiger partial charge in [0.25, 0.3) is 0 Å². The molecule has 0 amide bonds. The summed E-state index contributed by atoms with van der Waals surface area (Å²) < 4.78 is 12.7. The predicted octanol–water partition coefficient (Wildman–Crippen LogP) is 1.82. The highest BCUT2D eigenvalue weighted by Crippen LogP contribution is 2.36. The van der Waals surface area contributed by atoms with Crippen molar-refractivity contribution in [2.24, 2.45) is 7.05 Å². The van der Waals surface area contributed by atoms with Crippen LogP contribution in [0.4, 0.5) is 0 Å². The Morgan fingerprint density at radius 3 is 3.12 bits per heavy atom. The highest BCUT2D eigenvalue weighted by Gasteiger charge is 2.16. The molecule has 0 bridgehead atoms. The van der Waals surface area contributed by atoms with Crippen LogP contribution in [0.25, 0.3) is 11.3 Å². The van der Waals surface area contributed by atoms with Gasteiger partial charge < -0.3 is 19.4 Å². The number of nitrogens with one attached hydrogen (secondary N) is 2. The Hall–Kier alpha value is -2.52. The zero-order chi connectivity index (χ0) is 17.1. The Labute approximate surface area is 148 Å². The van der Waals surface area contributed by atoms with Gasteiger partial charge in [-0.15, -0.1) is 10.2 Å². The van der Waals surface area contributed by atoms with Crippen LogP contribution in [0.3, 0.4) is 0 Å². The summed E-state index contributed by atoms with van der Waals surface area (Å²) in [5.74, 6) is 2.47. The van der Waals surface area contributed by atoms with E-state index in [2.05, 4.69) is 25.7 Å². The van der Waals surface area contributed by atoms with E-state index >= 15 is 0 Å². The van der Waals surface area contributed by atoms with E-state index < -0.39 is 0 Å². The van der Waals surface area contributed by atoms with Gasteiger partial charge in [0.15, 0.2) is 16.7 Å². The van der Waals surface area contributed by atoms with Crippen molar-refractivity contribution in [3.05, 3.63) is 36.3 Å². The molecule has 0 fully saturated rings. The van der Waals surface area contributed by atoms with Crippen molar-refractivity contribution in [2.45, 2.75) is 11.7 Å². The van der Waals surface area contributed by atoms with Crippen molar-refractivity contribution in [3.63, 3.8) is 0 Å². The van der Waals surface area contributed by atoms with E-state index in [1.54, 1.807) is 18.1 Å². The van der Waals surface area contributed by atoms with Crippen molar-refractivity contribution >= 4 is 11.8 Å². The second-order valence-electron chi connectivity index (χ2n) is 5.59. The zero-order valence-electron chi connectivity index (χ0n) is 13.7. The second-order valence-corrected chi connectivity index (χ2v) is 6.65. The second kappa shape index (κ2) is 7.16. The van der Waals surface area contributed by atoms with Gasteiger partial charge in [-0.25, -0.2) is 0 Å². The summed E-state index contributed by atoms with van der Waals surface area (Å²) in [4.78, 5) is 0. The normalized spacial score (nSPS) is 12.7. The van der Waals surface area contributed by atoms with Gasteiger partial charge in [-0.3, -0.25) is 5.10 Å². The lowest BCUT2D eigenvalue weighted by Crippen LogP contribution is -2.16. The number of aromatic nitrogens is 5. The third kappa shape index (κ3) is 3.47. The number of rotatable bonds is 7. The zero-order valence-corrected chi connectivity index (χ0v) is 14.5. The summed E-state index contributed by atoms with van der Waals surface area (Å²) >= 11 is 1.68. The maximum atomic E-state index is 5.45. The number of fused-ring (bicyclic) bond motifs is 1. The lowest BCUT2D eigenvalue weighted by atomic mass is 10.1. The Bertz CT molecular complexity index is 862. The Morgan fingerprint density at radius 2 is 2.24 bits per heavy atom. The maximum Gasteiger partial charge on any atom is 0.231 e. The fourth-order valence-electron chi connectivity index (χ4n) is 2.59. The molecule has 0 spiro atoms. The van der Waals surface area contributed by atoms with Gasteiger partial charge in [-0.05, 0) is 18.2 Å². The summed E-state index contributed by atoms with van der Waals surface area (Å²) in [7, 11) is 1.94. The van der Waals surface area contributed by atoms with Crippen LogP contribution in [-0.2, 0) is 13.6 Å². The Morgan fingerprint density at radius 1 is 1.32 bits per heavy atom. The summed E-state index contributed by atoms with van der Waals surface area (Å²) in [6, 6.07) is 5.91. The van der Waals surface area contributed by atoms with E-state index in [-0.39, 0.29) is 6.79 Å². The number of nitrogens with zero attached hydrogens (tertiary/aromatic N) is 4. The van der Waals surface area contributed by atoms with E-state index in [4.69, 9.17) is 9.47 Å².